The maximum Gasteiger partial charge on any atom is 0.224 e. The van der Waals surface area contributed by atoms with E-state index in [9.17, 15) is 0 Å². The van der Waals surface area contributed by atoms with Crippen LogP contribution in [-0.2, 0) is 0 Å². The van der Waals surface area contributed by atoms with Gasteiger partial charge in [0.2, 0.25) is 5.28 Å². The molecular formula is C12H19BrClN3. The van der Waals surface area contributed by atoms with E-state index in [1.54, 1.807) is 6.20 Å². The van der Waals surface area contributed by atoms with Crippen molar-refractivity contribution < 1.29 is 0 Å². The van der Waals surface area contributed by atoms with E-state index in [1.807, 2.05) is 0 Å². The Balaban J connectivity index is 2.67. The third-order valence-electron chi connectivity index (χ3n) is 2.60. The Bertz CT molecular complexity index is 347. The van der Waals surface area contributed by atoms with Crippen LogP contribution in [0.5, 0.6) is 0 Å². The summed E-state index contributed by atoms with van der Waals surface area (Å²) < 4.78 is 0.861. The number of nitrogens with zero attached hydrogens (tertiary/aromatic N) is 2. The Morgan fingerprint density at radius 3 is 2.76 bits per heavy atom. The molecule has 0 saturated carbocycles. The maximum atomic E-state index is 5.80. The first-order valence-electron chi connectivity index (χ1n) is 6.12. The molecule has 17 heavy (non-hydrogen) atoms. The van der Waals surface area contributed by atoms with Gasteiger partial charge < -0.3 is 5.32 Å². The molecule has 0 spiro atoms. The molecule has 0 aromatic carbocycles. The minimum absolute atomic E-state index is 0.279. The number of hydrogen-bond acceptors (Lipinski definition) is 3. The van der Waals surface area contributed by atoms with E-state index in [2.05, 4.69) is 45.1 Å². The molecule has 0 aliphatic carbocycles. The largest absolute Gasteiger partial charge is 0.366 e. The molecule has 0 amide bonds. The standard InChI is InChI=1S/C12H19BrClN3/c1-3-5-7-9(6-4-2)16-11-10(13)8-15-12(14)17-11/h8-9H,3-7H2,1-2H3,(H,15,16,17). The van der Waals surface area contributed by atoms with Crippen molar-refractivity contribution in [3.05, 3.63) is 16.0 Å². The second-order valence-electron chi connectivity index (χ2n) is 4.11. The Kier molecular flexibility index (Phi) is 6.82. The summed E-state index contributed by atoms with van der Waals surface area (Å²) in [5.74, 6) is 0.791. The van der Waals surface area contributed by atoms with E-state index < -0.39 is 0 Å². The van der Waals surface area contributed by atoms with Gasteiger partial charge in [0.25, 0.3) is 0 Å². The number of unbranched alkanes of at least 4 members (excludes halogenated alkanes) is 1. The van der Waals surface area contributed by atoms with E-state index >= 15 is 0 Å². The molecule has 1 unspecified atom stereocenters. The number of nitrogens with one attached hydrogen (secondary N) is 1. The van der Waals surface area contributed by atoms with E-state index in [-0.39, 0.29) is 5.28 Å². The summed E-state index contributed by atoms with van der Waals surface area (Å²) in [7, 11) is 0. The van der Waals surface area contributed by atoms with Crippen molar-refractivity contribution in [1.82, 2.24) is 9.97 Å². The lowest BCUT2D eigenvalue weighted by atomic mass is 10.1. The van der Waals surface area contributed by atoms with Crippen LogP contribution >= 0.6 is 27.5 Å². The van der Waals surface area contributed by atoms with E-state index in [4.69, 9.17) is 11.6 Å². The summed E-state index contributed by atoms with van der Waals surface area (Å²) >= 11 is 9.23. The number of aromatic nitrogens is 2. The van der Waals surface area contributed by atoms with Crippen molar-refractivity contribution in [2.75, 3.05) is 5.32 Å². The highest BCUT2D eigenvalue weighted by Crippen LogP contribution is 2.22. The van der Waals surface area contributed by atoms with Crippen molar-refractivity contribution in [3.8, 4) is 0 Å². The first kappa shape index (κ1) is 14.7. The molecular weight excluding hydrogens is 302 g/mol. The van der Waals surface area contributed by atoms with Crippen molar-refractivity contribution in [2.45, 2.75) is 52.0 Å². The topological polar surface area (TPSA) is 37.8 Å². The Morgan fingerprint density at radius 2 is 2.12 bits per heavy atom. The van der Waals surface area contributed by atoms with Crippen LogP contribution in [0.4, 0.5) is 5.82 Å². The predicted octanol–water partition coefficient (Wildman–Crippen LogP) is 4.66. The second kappa shape index (κ2) is 7.88. The highest BCUT2D eigenvalue weighted by Gasteiger charge is 2.11. The summed E-state index contributed by atoms with van der Waals surface area (Å²) in [6, 6.07) is 0.460. The SMILES string of the molecule is CCCCC(CCC)Nc1nc(Cl)ncc1Br. The van der Waals surface area contributed by atoms with Gasteiger partial charge in [-0.05, 0) is 40.4 Å². The quantitative estimate of drug-likeness (QED) is 0.742. The normalized spacial score (nSPS) is 12.5. The zero-order valence-corrected chi connectivity index (χ0v) is 12.7. The van der Waals surface area contributed by atoms with Crippen LogP contribution < -0.4 is 5.32 Å². The van der Waals surface area contributed by atoms with Gasteiger partial charge in [0.15, 0.2) is 0 Å². The lowest BCUT2D eigenvalue weighted by molar-refractivity contribution is 0.562. The Morgan fingerprint density at radius 1 is 1.35 bits per heavy atom. The molecule has 0 radical (unpaired) electrons. The summed E-state index contributed by atoms with van der Waals surface area (Å²) in [5.41, 5.74) is 0. The summed E-state index contributed by atoms with van der Waals surface area (Å²) in [5, 5.41) is 3.72. The van der Waals surface area contributed by atoms with E-state index in [1.165, 1.54) is 19.3 Å². The molecule has 1 aromatic rings. The highest BCUT2D eigenvalue weighted by molar-refractivity contribution is 9.10. The molecule has 0 saturated heterocycles. The van der Waals surface area contributed by atoms with Gasteiger partial charge in [0.1, 0.15) is 5.82 Å². The lowest BCUT2D eigenvalue weighted by Crippen LogP contribution is -2.20. The number of halogens is 2. The molecule has 3 nitrogen and oxygen atoms in total. The molecule has 0 aliphatic rings. The fourth-order valence-electron chi connectivity index (χ4n) is 1.73. The minimum Gasteiger partial charge on any atom is -0.366 e. The third-order valence-corrected chi connectivity index (χ3v) is 3.36. The van der Waals surface area contributed by atoms with Gasteiger partial charge in [-0.3, -0.25) is 0 Å². The molecule has 1 heterocycles. The van der Waals surface area contributed by atoms with Crippen molar-refractivity contribution in [3.63, 3.8) is 0 Å². The highest BCUT2D eigenvalue weighted by atomic mass is 79.9. The van der Waals surface area contributed by atoms with Crippen LogP contribution in [0.3, 0.4) is 0 Å². The number of rotatable bonds is 7. The molecule has 5 heteroatoms. The Hall–Kier alpha value is -0.350. The molecule has 0 aliphatic heterocycles. The predicted molar refractivity (Wildman–Crippen MR) is 76.6 cm³/mol. The summed E-state index contributed by atoms with van der Waals surface area (Å²) in [4.78, 5) is 8.12. The van der Waals surface area contributed by atoms with Crippen LogP contribution in [-0.4, -0.2) is 16.0 Å². The lowest BCUT2D eigenvalue weighted by Gasteiger charge is -2.19. The van der Waals surface area contributed by atoms with Crippen molar-refractivity contribution >= 4 is 33.3 Å². The van der Waals surface area contributed by atoms with Crippen LogP contribution in [0.15, 0.2) is 10.7 Å². The monoisotopic (exact) mass is 319 g/mol. The molecule has 96 valence electrons. The Labute approximate surface area is 117 Å². The van der Waals surface area contributed by atoms with Gasteiger partial charge in [0, 0.05) is 12.2 Å². The fourth-order valence-corrected chi connectivity index (χ4v) is 2.17. The minimum atomic E-state index is 0.279. The zero-order valence-electron chi connectivity index (χ0n) is 10.3. The number of anilines is 1. The van der Waals surface area contributed by atoms with Crippen LogP contribution in [0.25, 0.3) is 0 Å². The summed E-state index contributed by atoms with van der Waals surface area (Å²) in [6.45, 7) is 4.41. The second-order valence-corrected chi connectivity index (χ2v) is 5.30. The van der Waals surface area contributed by atoms with Crippen molar-refractivity contribution in [2.24, 2.45) is 0 Å². The maximum absolute atomic E-state index is 5.80. The smallest absolute Gasteiger partial charge is 0.224 e. The molecule has 1 rings (SSSR count). The molecule has 1 aromatic heterocycles. The average Bonchev–Trinajstić information content (AvgIpc) is 2.31. The molecule has 0 bridgehead atoms. The molecule has 1 atom stereocenters. The summed E-state index contributed by atoms with van der Waals surface area (Å²) in [6.07, 6.45) is 7.60. The van der Waals surface area contributed by atoms with Crippen molar-refractivity contribution in [1.29, 1.82) is 0 Å². The van der Waals surface area contributed by atoms with Crippen LogP contribution in [0, 0.1) is 0 Å². The van der Waals surface area contributed by atoms with Gasteiger partial charge in [-0.1, -0.05) is 33.1 Å². The van der Waals surface area contributed by atoms with Gasteiger partial charge in [-0.15, -0.1) is 0 Å². The fraction of sp³-hybridized carbons (Fsp3) is 0.667. The molecule has 0 fully saturated rings. The first-order chi connectivity index (χ1) is 8.17. The van der Waals surface area contributed by atoms with Crippen LogP contribution in [0.2, 0.25) is 5.28 Å². The van der Waals surface area contributed by atoms with Crippen LogP contribution in [0.1, 0.15) is 46.0 Å². The first-order valence-corrected chi connectivity index (χ1v) is 7.29. The number of hydrogen-bond donors (Lipinski definition) is 1. The average molecular weight is 321 g/mol. The third kappa shape index (κ3) is 5.21. The van der Waals surface area contributed by atoms with E-state index in [0.29, 0.717) is 6.04 Å². The van der Waals surface area contributed by atoms with Gasteiger partial charge in [0.05, 0.1) is 4.47 Å². The van der Waals surface area contributed by atoms with Gasteiger partial charge in [-0.2, -0.15) is 4.98 Å². The zero-order chi connectivity index (χ0) is 12.7. The van der Waals surface area contributed by atoms with Gasteiger partial charge in [-0.25, -0.2) is 4.98 Å². The molecule has 1 N–H and O–H groups in total. The van der Waals surface area contributed by atoms with E-state index in [0.717, 1.165) is 23.1 Å². The van der Waals surface area contributed by atoms with Gasteiger partial charge >= 0.3 is 0 Å².